The van der Waals surface area contributed by atoms with Gasteiger partial charge in [-0.3, -0.25) is 4.90 Å². The molecular weight excluding hydrogens is 234 g/mol. The fourth-order valence-electron chi connectivity index (χ4n) is 1.29. The second kappa shape index (κ2) is 7.06. The number of benzene rings is 1. The molecule has 1 aromatic rings. The lowest BCUT2D eigenvalue weighted by molar-refractivity contribution is 0.425. The third kappa shape index (κ3) is 6.96. The molecule has 0 atom stereocenters. The van der Waals surface area contributed by atoms with Crippen molar-refractivity contribution in [2.24, 2.45) is 0 Å². The van der Waals surface area contributed by atoms with Crippen LogP contribution < -0.4 is 0 Å². The summed E-state index contributed by atoms with van der Waals surface area (Å²) in [5.74, 6) is 9.56. The summed E-state index contributed by atoms with van der Waals surface area (Å²) in [5, 5.41) is 0. The SMILES string of the molecule is CN(CC#Cc1ccccc1)CC#C[Si](C)(C)C. The molecule has 94 valence electrons. The van der Waals surface area contributed by atoms with E-state index >= 15 is 0 Å². The van der Waals surface area contributed by atoms with Gasteiger partial charge in [0.2, 0.25) is 0 Å². The predicted octanol–water partition coefficient (Wildman–Crippen LogP) is 2.85. The van der Waals surface area contributed by atoms with Gasteiger partial charge in [-0.2, -0.15) is 0 Å². The maximum absolute atomic E-state index is 3.36. The lowest BCUT2D eigenvalue weighted by Crippen LogP contribution is -2.21. The summed E-state index contributed by atoms with van der Waals surface area (Å²) < 4.78 is 0. The molecule has 1 rings (SSSR count). The summed E-state index contributed by atoms with van der Waals surface area (Å²) in [4.78, 5) is 2.14. The van der Waals surface area contributed by atoms with E-state index in [4.69, 9.17) is 0 Å². The van der Waals surface area contributed by atoms with Crippen molar-refractivity contribution < 1.29 is 0 Å². The summed E-state index contributed by atoms with van der Waals surface area (Å²) in [5.41, 5.74) is 4.43. The van der Waals surface area contributed by atoms with Gasteiger partial charge in [-0.15, -0.1) is 5.54 Å². The normalized spacial score (nSPS) is 10.3. The van der Waals surface area contributed by atoms with Crippen LogP contribution in [0.5, 0.6) is 0 Å². The highest BCUT2D eigenvalue weighted by Crippen LogP contribution is 1.96. The van der Waals surface area contributed by atoms with Crippen LogP contribution in [0, 0.1) is 23.3 Å². The first-order valence-corrected chi connectivity index (χ1v) is 9.70. The Morgan fingerprint density at radius 3 is 2.22 bits per heavy atom. The maximum atomic E-state index is 3.36. The Morgan fingerprint density at radius 2 is 1.61 bits per heavy atom. The highest BCUT2D eigenvalue weighted by molar-refractivity contribution is 6.83. The molecule has 0 saturated carbocycles. The van der Waals surface area contributed by atoms with Crippen molar-refractivity contribution in [2.45, 2.75) is 19.6 Å². The molecule has 0 N–H and O–H groups in total. The standard InChI is InChI=1S/C16H21NSi/c1-17(14-9-15-18(2,3)4)13-8-12-16-10-6-5-7-11-16/h5-7,10-11H,13-14H2,1-4H3. The van der Waals surface area contributed by atoms with Crippen LogP contribution in [0.15, 0.2) is 30.3 Å². The monoisotopic (exact) mass is 255 g/mol. The molecular formula is C16H21NSi. The number of rotatable bonds is 2. The van der Waals surface area contributed by atoms with Gasteiger partial charge in [-0.05, 0) is 19.2 Å². The number of hydrogen-bond acceptors (Lipinski definition) is 1. The predicted molar refractivity (Wildman–Crippen MR) is 81.9 cm³/mol. The van der Waals surface area contributed by atoms with Crippen LogP contribution in [0.1, 0.15) is 5.56 Å². The van der Waals surface area contributed by atoms with Gasteiger partial charge in [0.1, 0.15) is 8.07 Å². The molecule has 0 heterocycles. The van der Waals surface area contributed by atoms with E-state index in [-0.39, 0.29) is 0 Å². The molecule has 0 fully saturated rings. The summed E-state index contributed by atoms with van der Waals surface area (Å²) >= 11 is 0. The van der Waals surface area contributed by atoms with Crippen LogP contribution in [-0.2, 0) is 0 Å². The fraction of sp³-hybridized carbons (Fsp3) is 0.375. The Kier molecular flexibility index (Phi) is 5.72. The van der Waals surface area contributed by atoms with Crippen LogP contribution >= 0.6 is 0 Å². The summed E-state index contributed by atoms with van der Waals surface area (Å²) in [6, 6.07) is 10.1. The van der Waals surface area contributed by atoms with Crippen molar-refractivity contribution in [2.75, 3.05) is 20.1 Å². The average molecular weight is 255 g/mol. The summed E-state index contributed by atoms with van der Waals surface area (Å²) in [7, 11) is 0.822. The Morgan fingerprint density at radius 1 is 1.00 bits per heavy atom. The number of nitrogens with zero attached hydrogens (tertiary/aromatic N) is 1. The number of hydrogen-bond donors (Lipinski definition) is 0. The minimum absolute atomic E-state index is 0.759. The van der Waals surface area contributed by atoms with Crippen LogP contribution in [0.2, 0.25) is 19.6 Å². The molecule has 0 bridgehead atoms. The van der Waals surface area contributed by atoms with Gasteiger partial charge in [-0.1, -0.05) is 55.6 Å². The van der Waals surface area contributed by atoms with Crippen LogP contribution in [0.4, 0.5) is 0 Å². The molecule has 0 aliphatic carbocycles. The molecule has 0 amide bonds. The van der Waals surface area contributed by atoms with E-state index in [1.165, 1.54) is 0 Å². The van der Waals surface area contributed by atoms with Crippen molar-refractivity contribution in [3.63, 3.8) is 0 Å². The minimum atomic E-state index is -1.23. The molecule has 0 radical (unpaired) electrons. The van der Waals surface area contributed by atoms with Gasteiger partial charge in [0, 0.05) is 5.56 Å². The molecule has 0 saturated heterocycles. The van der Waals surface area contributed by atoms with Crippen molar-refractivity contribution in [3.8, 4) is 23.3 Å². The molecule has 1 nitrogen and oxygen atoms in total. The van der Waals surface area contributed by atoms with Crippen LogP contribution in [0.3, 0.4) is 0 Å². The topological polar surface area (TPSA) is 3.24 Å². The smallest absolute Gasteiger partial charge is 0.129 e. The highest BCUT2D eigenvalue weighted by Gasteiger charge is 2.07. The first kappa shape index (κ1) is 14.6. The first-order valence-electron chi connectivity index (χ1n) is 6.20. The summed E-state index contributed by atoms with van der Waals surface area (Å²) in [6.07, 6.45) is 0. The zero-order valence-corrected chi connectivity index (χ0v) is 12.7. The second-order valence-corrected chi connectivity index (χ2v) is 10.1. The maximum Gasteiger partial charge on any atom is 0.129 e. The molecule has 18 heavy (non-hydrogen) atoms. The molecule has 0 aromatic heterocycles. The first-order chi connectivity index (χ1) is 8.47. The molecule has 0 aliphatic rings. The molecule has 0 spiro atoms. The largest absolute Gasteiger partial charge is 0.284 e. The fourth-order valence-corrected chi connectivity index (χ4v) is 1.90. The zero-order valence-electron chi connectivity index (χ0n) is 11.7. The third-order valence-corrected chi connectivity index (χ3v) is 3.09. The van der Waals surface area contributed by atoms with Gasteiger partial charge in [0.25, 0.3) is 0 Å². The van der Waals surface area contributed by atoms with Crippen molar-refractivity contribution in [1.29, 1.82) is 0 Å². The quantitative estimate of drug-likeness (QED) is 0.580. The van der Waals surface area contributed by atoms with Gasteiger partial charge >= 0.3 is 0 Å². The van der Waals surface area contributed by atoms with E-state index in [9.17, 15) is 0 Å². The zero-order chi connectivity index (χ0) is 13.4. The van der Waals surface area contributed by atoms with E-state index in [1.54, 1.807) is 0 Å². The van der Waals surface area contributed by atoms with E-state index in [0.29, 0.717) is 0 Å². The van der Waals surface area contributed by atoms with E-state index in [1.807, 2.05) is 30.3 Å². The third-order valence-electron chi connectivity index (χ3n) is 2.17. The van der Waals surface area contributed by atoms with Gasteiger partial charge in [-0.25, -0.2) is 0 Å². The molecule has 2 heteroatoms. The molecule has 0 aliphatic heterocycles. The van der Waals surface area contributed by atoms with E-state index in [0.717, 1.165) is 18.7 Å². The average Bonchev–Trinajstić information content (AvgIpc) is 2.28. The second-order valence-electron chi connectivity index (χ2n) is 5.39. The van der Waals surface area contributed by atoms with Crippen molar-refractivity contribution in [1.82, 2.24) is 4.90 Å². The van der Waals surface area contributed by atoms with Gasteiger partial charge in [0.15, 0.2) is 0 Å². The lowest BCUT2D eigenvalue weighted by atomic mass is 10.2. The Hall–Kier alpha value is -1.48. The minimum Gasteiger partial charge on any atom is -0.284 e. The molecule has 0 unspecified atom stereocenters. The molecule has 1 aromatic carbocycles. The van der Waals surface area contributed by atoms with E-state index in [2.05, 4.69) is 54.9 Å². The van der Waals surface area contributed by atoms with Crippen LogP contribution in [0.25, 0.3) is 0 Å². The van der Waals surface area contributed by atoms with Crippen LogP contribution in [-0.4, -0.2) is 33.1 Å². The Bertz CT molecular complexity index is 477. The van der Waals surface area contributed by atoms with E-state index < -0.39 is 8.07 Å². The Labute approximate surface area is 112 Å². The summed E-state index contributed by atoms with van der Waals surface area (Å²) in [6.45, 7) is 8.34. The Balaban J connectivity index is 2.40. The highest BCUT2D eigenvalue weighted by atomic mass is 28.3. The van der Waals surface area contributed by atoms with Crippen molar-refractivity contribution in [3.05, 3.63) is 35.9 Å². The lowest BCUT2D eigenvalue weighted by Gasteiger charge is -2.09. The van der Waals surface area contributed by atoms with Gasteiger partial charge < -0.3 is 0 Å². The van der Waals surface area contributed by atoms with Crippen molar-refractivity contribution >= 4 is 8.07 Å². The van der Waals surface area contributed by atoms with Gasteiger partial charge in [0.05, 0.1) is 13.1 Å².